The van der Waals surface area contributed by atoms with Crippen LogP contribution in [0, 0.1) is 12.7 Å². The lowest BCUT2D eigenvalue weighted by Crippen LogP contribution is -2.42. The minimum Gasteiger partial charge on any atom is -0.348 e. The minimum atomic E-state index is -0.435. The predicted octanol–water partition coefficient (Wildman–Crippen LogP) is 2.59. The number of aryl methyl sites for hydroxylation is 1. The Morgan fingerprint density at radius 1 is 1.37 bits per heavy atom. The van der Waals surface area contributed by atoms with Crippen molar-refractivity contribution in [1.82, 2.24) is 10.2 Å². The number of carbonyl (C=O) groups is 1. The molecule has 0 radical (unpaired) electrons. The highest BCUT2D eigenvalue weighted by Gasteiger charge is 2.16. The normalized spacial score (nSPS) is 12.5. The van der Waals surface area contributed by atoms with Gasteiger partial charge in [0.1, 0.15) is 5.82 Å². The molecular weight excluding hydrogens is 243 g/mol. The van der Waals surface area contributed by atoms with Crippen molar-refractivity contribution in [3.05, 3.63) is 35.1 Å². The molecule has 0 saturated carbocycles. The molecule has 1 N–H and O–H groups in total. The monoisotopic (exact) mass is 266 g/mol. The van der Waals surface area contributed by atoms with Gasteiger partial charge in [-0.1, -0.05) is 26.0 Å². The highest BCUT2D eigenvalue weighted by Crippen LogP contribution is 2.11. The topological polar surface area (TPSA) is 32.3 Å². The van der Waals surface area contributed by atoms with Crippen molar-refractivity contribution in [3.8, 4) is 0 Å². The van der Waals surface area contributed by atoms with Crippen LogP contribution in [0.5, 0.6) is 0 Å². The number of amides is 1. The highest BCUT2D eigenvalue weighted by atomic mass is 19.1. The molecule has 0 saturated heterocycles. The molecule has 0 heterocycles. The van der Waals surface area contributed by atoms with Crippen LogP contribution in [-0.2, 0) is 0 Å². The number of hydrogen-bond acceptors (Lipinski definition) is 2. The summed E-state index contributed by atoms with van der Waals surface area (Å²) in [5.74, 6) is -0.782. The zero-order chi connectivity index (χ0) is 14.4. The number of rotatable bonds is 6. The second-order valence-electron chi connectivity index (χ2n) is 4.80. The van der Waals surface area contributed by atoms with E-state index in [0.717, 1.165) is 19.6 Å². The van der Waals surface area contributed by atoms with E-state index in [1.54, 1.807) is 19.1 Å². The van der Waals surface area contributed by atoms with Gasteiger partial charge in [-0.3, -0.25) is 4.79 Å². The van der Waals surface area contributed by atoms with Crippen molar-refractivity contribution in [2.45, 2.75) is 33.7 Å². The highest BCUT2D eigenvalue weighted by molar-refractivity contribution is 5.94. The molecule has 0 fully saturated rings. The molecule has 1 rings (SSSR count). The summed E-state index contributed by atoms with van der Waals surface area (Å²) in [4.78, 5) is 14.2. The van der Waals surface area contributed by atoms with Crippen LogP contribution in [-0.4, -0.2) is 36.5 Å². The first kappa shape index (κ1) is 15.6. The Bertz CT molecular complexity index is 430. The van der Waals surface area contributed by atoms with E-state index in [1.165, 1.54) is 6.07 Å². The molecule has 0 aliphatic rings. The van der Waals surface area contributed by atoms with Crippen LogP contribution in [0.15, 0.2) is 18.2 Å². The lowest BCUT2D eigenvalue weighted by Gasteiger charge is -2.23. The lowest BCUT2D eigenvalue weighted by molar-refractivity contribution is 0.0926. The van der Waals surface area contributed by atoms with E-state index < -0.39 is 5.82 Å². The average molecular weight is 266 g/mol. The van der Waals surface area contributed by atoms with Crippen LogP contribution < -0.4 is 5.32 Å². The molecule has 0 aliphatic heterocycles. The van der Waals surface area contributed by atoms with E-state index in [2.05, 4.69) is 24.1 Å². The maximum absolute atomic E-state index is 13.8. The average Bonchev–Trinajstić information content (AvgIpc) is 2.38. The van der Waals surface area contributed by atoms with Crippen LogP contribution in [0.4, 0.5) is 4.39 Å². The third kappa shape index (κ3) is 4.31. The van der Waals surface area contributed by atoms with Crippen molar-refractivity contribution in [3.63, 3.8) is 0 Å². The van der Waals surface area contributed by atoms with E-state index in [-0.39, 0.29) is 17.5 Å². The van der Waals surface area contributed by atoms with E-state index in [9.17, 15) is 9.18 Å². The molecule has 3 nitrogen and oxygen atoms in total. The van der Waals surface area contributed by atoms with E-state index in [1.807, 2.05) is 6.92 Å². The van der Waals surface area contributed by atoms with Gasteiger partial charge in [-0.05, 0) is 38.6 Å². The Kier molecular flexibility index (Phi) is 5.96. The third-order valence-corrected chi connectivity index (χ3v) is 3.24. The zero-order valence-electron chi connectivity index (χ0n) is 12.2. The van der Waals surface area contributed by atoms with Gasteiger partial charge in [0.2, 0.25) is 0 Å². The largest absolute Gasteiger partial charge is 0.348 e. The number of nitrogens with one attached hydrogen (secondary N) is 1. The van der Waals surface area contributed by atoms with Gasteiger partial charge >= 0.3 is 0 Å². The van der Waals surface area contributed by atoms with Gasteiger partial charge in [0.15, 0.2) is 0 Å². The van der Waals surface area contributed by atoms with Crippen LogP contribution in [0.25, 0.3) is 0 Å². The van der Waals surface area contributed by atoms with Crippen molar-refractivity contribution in [2.75, 3.05) is 19.6 Å². The molecule has 4 heteroatoms. The zero-order valence-corrected chi connectivity index (χ0v) is 12.2. The van der Waals surface area contributed by atoms with Gasteiger partial charge in [-0.15, -0.1) is 0 Å². The SMILES string of the molecule is CCN(CC)CC(C)NC(=O)c1cccc(C)c1F. The smallest absolute Gasteiger partial charge is 0.254 e. The second kappa shape index (κ2) is 7.24. The number of carbonyl (C=O) groups excluding carboxylic acids is 1. The van der Waals surface area contributed by atoms with Crippen LogP contribution in [0.2, 0.25) is 0 Å². The van der Waals surface area contributed by atoms with E-state index >= 15 is 0 Å². The van der Waals surface area contributed by atoms with E-state index in [4.69, 9.17) is 0 Å². The van der Waals surface area contributed by atoms with Gasteiger partial charge < -0.3 is 10.2 Å². The first-order valence-electron chi connectivity index (χ1n) is 6.77. The number of halogens is 1. The third-order valence-electron chi connectivity index (χ3n) is 3.24. The van der Waals surface area contributed by atoms with Gasteiger partial charge in [0.05, 0.1) is 5.56 Å². The molecule has 1 atom stereocenters. The Morgan fingerprint density at radius 2 is 2.00 bits per heavy atom. The summed E-state index contributed by atoms with van der Waals surface area (Å²) >= 11 is 0. The summed E-state index contributed by atoms with van der Waals surface area (Å²) in [6, 6.07) is 4.86. The van der Waals surface area contributed by atoms with Crippen LogP contribution in [0.3, 0.4) is 0 Å². The Balaban J connectivity index is 2.66. The molecule has 1 amide bonds. The molecule has 19 heavy (non-hydrogen) atoms. The Morgan fingerprint density at radius 3 is 2.58 bits per heavy atom. The molecule has 0 bridgehead atoms. The summed E-state index contributed by atoms with van der Waals surface area (Å²) in [5, 5.41) is 2.84. The van der Waals surface area contributed by atoms with Crippen molar-refractivity contribution in [1.29, 1.82) is 0 Å². The number of hydrogen-bond donors (Lipinski definition) is 1. The van der Waals surface area contributed by atoms with Gasteiger partial charge in [-0.25, -0.2) is 4.39 Å². The molecule has 0 aromatic heterocycles. The number of nitrogens with zero attached hydrogens (tertiary/aromatic N) is 1. The van der Waals surface area contributed by atoms with Crippen LogP contribution >= 0.6 is 0 Å². The molecule has 1 aromatic carbocycles. The fourth-order valence-electron chi connectivity index (χ4n) is 2.04. The van der Waals surface area contributed by atoms with Crippen LogP contribution in [0.1, 0.15) is 36.7 Å². The minimum absolute atomic E-state index is 0.00712. The van der Waals surface area contributed by atoms with Gasteiger partial charge in [0.25, 0.3) is 5.91 Å². The number of benzene rings is 1. The summed E-state index contributed by atoms with van der Waals surface area (Å²) in [5.41, 5.74) is 0.607. The van der Waals surface area contributed by atoms with Gasteiger partial charge in [-0.2, -0.15) is 0 Å². The van der Waals surface area contributed by atoms with Crippen molar-refractivity contribution < 1.29 is 9.18 Å². The number of likely N-dealkylation sites (N-methyl/N-ethyl adjacent to an activating group) is 1. The quantitative estimate of drug-likeness (QED) is 0.858. The molecule has 1 unspecified atom stereocenters. The summed E-state index contributed by atoms with van der Waals surface area (Å²) in [6.07, 6.45) is 0. The Labute approximate surface area is 114 Å². The molecule has 0 aliphatic carbocycles. The standard InChI is InChI=1S/C15H23FN2O/c1-5-18(6-2)10-12(4)17-15(19)13-9-7-8-11(3)14(13)16/h7-9,12H,5-6,10H2,1-4H3,(H,17,19). The molecular formula is C15H23FN2O. The summed E-state index contributed by atoms with van der Waals surface area (Å²) in [7, 11) is 0. The van der Waals surface area contributed by atoms with Crippen molar-refractivity contribution in [2.24, 2.45) is 0 Å². The first-order valence-corrected chi connectivity index (χ1v) is 6.77. The fraction of sp³-hybridized carbons (Fsp3) is 0.533. The predicted molar refractivity (Wildman–Crippen MR) is 75.9 cm³/mol. The first-order chi connectivity index (χ1) is 8.99. The molecule has 1 aromatic rings. The second-order valence-corrected chi connectivity index (χ2v) is 4.80. The summed E-state index contributed by atoms with van der Waals surface area (Å²) in [6.45, 7) is 10.4. The van der Waals surface area contributed by atoms with E-state index in [0.29, 0.717) is 5.56 Å². The molecule has 106 valence electrons. The van der Waals surface area contributed by atoms with Crippen molar-refractivity contribution >= 4 is 5.91 Å². The molecule has 0 spiro atoms. The maximum atomic E-state index is 13.8. The fourth-order valence-corrected chi connectivity index (χ4v) is 2.04. The Hall–Kier alpha value is -1.42. The maximum Gasteiger partial charge on any atom is 0.254 e. The summed E-state index contributed by atoms with van der Waals surface area (Å²) < 4.78 is 13.8. The lowest BCUT2D eigenvalue weighted by atomic mass is 10.1. The van der Waals surface area contributed by atoms with Gasteiger partial charge in [0, 0.05) is 12.6 Å².